The molecule has 1 atom stereocenters. The van der Waals surface area contributed by atoms with E-state index in [-0.39, 0.29) is 24.8 Å². The monoisotopic (exact) mass is 404 g/mol. The summed E-state index contributed by atoms with van der Waals surface area (Å²) in [5.41, 5.74) is 1.02. The van der Waals surface area contributed by atoms with Crippen molar-refractivity contribution < 1.29 is 28.6 Å². The minimum Gasteiger partial charge on any atom is -0.493 e. The summed E-state index contributed by atoms with van der Waals surface area (Å²) < 4.78 is 15.2. The van der Waals surface area contributed by atoms with Crippen molar-refractivity contribution in [3.05, 3.63) is 34.5 Å². The first-order chi connectivity index (χ1) is 13.5. The molecule has 0 spiro atoms. The van der Waals surface area contributed by atoms with Gasteiger partial charge >= 0.3 is 5.97 Å². The van der Waals surface area contributed by atoms with Crippen molar-refractivity contribution >= 4 is 40.5 Å². The minimum absolute atomic E-state index is 0.0812. The molecule has 0 saturated carbocycles. The number of nitrogens with one attached hydrogen (secondary N) is 1. The van der Waals surface area contributed by atoms with Crippen LogP contribution < -0.4 is 19.7 Å². The van der Waals surface area contributed by atoms with E-state index in [9.17, 15) is 14.4 Å². The lowest BCUT2D eigenvalue weighted by atomic mass is 10.1. The van der Waals surface area contributed by atoms with Crippen LogP contribution in [0.4, 0.5) is 11.4 Å². The molecule has 1 N–H and O–H groups in total. The number of amides is 2. The van der Waals surface area contributed by atoms with Crippen molar-refractivity contribution in [2.75, 3.05) is 38.1 Å². The number of benzene rings is 1. The van der Waals surface area contributed by atoms with Gasteiger partial charge < -0.3 is 24.4 Å². The molecule has 1 aromatic heterocycles. The summed E-state index contributed by atoms with van der Waals surface area (Å²) in [4.78, 5) is 38.7. The Kier molecular flexibility index (Phi) is 5.84. The summed E-state index contributed by atoms with van der Waals surface area (Å²) in [5, 5.41) is 4.42. The third-order valence-electron chi connectivity index (χ3n) is 4.47. The van der Waals surface area contributed by atoms with Crippen LogP contribution in [0.2, 0.25) is 0 Å². The predicted molar refractivity (Wildman–Crippen MR) is 104 cm³/mol. The van der Waals surface area contributed by atoms with Gasteiger partial charge in [0, 0.05) is 24.7 Å². The number of esters is 1. The molecule has 2 aromatic rings. The topological polar surface area (TPSA) is 94.2 Å². The summed E-state index contributed by atoms with van der Waals surface area (Å²) in [7, 11) is 4.33. The van der Waals surface area contributed by atoms with E-state index in [1.54, 1.807) is 34.5 Å². The summed E-state index contributed by atoms with van der Waals surface area (Å²) >= 11 is 1.18. The van der Waals surface area contributed by atoms with Gasteiger partial charge in [-0.1, -0.05) is 0 Å². The Hall–Kier alpha value is -3.07. The average molecular weight is 404 g/mol. The molecule has 1 fully saturated rings. The highest BCUT2D eigenvalue weighted by Crippen LogP contribution is 2.34. The Morgan fingerprint density at radius 3 is 2.57 bits per heavy atom. The fourth-order valence-corrected chi connectivity index (χ4v) is 3.78. The number of methoxy groups -OCH3 is 3. The van der Waals surface area contributed by atoms with Crippen LogP contribution in [0.3, 0.4) is 0 Å². The molecule has 2 heterocycles. The van der Waals surface area contributed by atoms with Gasteiger partial charge in [-0.2, -0.15) is 0 Å². The Bertz CT molecular complexity index is 910. The zero-order chi connectivity index (χ0) is 20.3. The molecular formula is C19H20N2O6S. The van der Waals surface area contributed by atoms with E-state index in [1.807, 2.05) is 0 Å². The molecule has 1 aliphatic heterocycles. The van der Waals surface area contributed by atoms with Gasteiger partial charge in [0.1, 0.15) is 4.88 Å². The number of nitrogens with zero attached hydrogens (tertiary/aromatic N) is 1. The average Bonchev–Trinajstić information content (AvgIpc) is 3.33. The summed E-state index contributed by atoms with van der Waals surface area (Å²) in [6, 6.07) is 6.79. The van der Waals surface area contributed by atoms with E-state index in [0.29, 0.717) is 27.8 Å². The van der Waals surface area contributed by atoms with Crippen LogP contribution in [0, 0.1) is 5.92 Å². The highest BCUT2D eigenvalue weighted by Gasteiger charge is 2.36. The predicted octanol–water partition coefficient (Wildman–Crippen LogP) is 2.54. The quantitative estimate of drug-likeness (QED) is 0.744. The summed E-state index contributed by atoms with van der Waals surface area (Å²) in [6.45, 7) is 0.234. The maximum absolute atomic E-state index is 12.6. The molecule has 28 heavy (non-hydrogen) atoms. The van der Waals surface area contributed by atoms with E-state index in [1.165, 1.54) is 32.7 Å². The molecule has 0 radical (unpaired) electrons. The molecule has 0 bridgehead atoms. The Morgan fingerprint density at radius 2 is 1.89 bits per heavy atom. The highest BCUT2D eigenvalue weighted by molar-refractivity contribution is 7.12. The van der Waals surface area contributed by atoms with E-state index in [2.05, 4.69) is 5.32 Å². The molecule has 1 unspecified atom stereocenters. The Labute approximate surface area is 166 Å². The Morgan fingerprint density at radius 1 is 1.14 bits per heavy atom. The highest BCUT2D eigenvalue weighted by atomic mass is 32.1. The van der Waals surface area contributed by atoms with Crippen LogP contribution >= 0.6 is 11.3 Å². The standard InChI is InChI=1S/C19H20N2O6S/c1-25-14-5-4-12(9-15(14)26-2)21-10-11(8-16(21)22)18(23)20-13-6-7-28-17(13)19(24)27-3/h4-7,9,11H,8,10H2,1-3H3,(H,20,23). The van der Waals surface area contributed by atoms with Gasteiger partial charge in [-0.3, -0.25) is 9.59 Å². The van der Waals surface area contributed by atoms with Crippen molar-refractivity contribution in [2.24, 2.45) is 5.92 Å². The van der Waals surface area contributed by atoms with Crippen LogP contribution in [0.1, 0.15) is 16.1 Å². The van der Waals surface area contributed by atoms with Crippen LogP contribution in [-0.2, 0) is 14.3 Å². The first kappa shape index (κ1) is 19.7. The lowest BCUT2D eigenvalue weighted by molar-refractivity contribution is -0.122. The smallest absolute Gasteiger partial charge is 0.350 e. The van der Waals surface area contributed by atoms with Crippen LogP contribution in [0.25, 0.3) is 0 Å². The lowest BCUT2D eigenvalue weighted by Gasteiger charge is -2.18. The van der Waals surface area contributed by atoms with Crippen molar-refractivity contribution in [1.82, 2.24) is 0 Å². The number of carbonyl (C=O) groups excluding carboxylic acids is 3. The van der Waals surface area contributed by atoms with Gasteiger partial charge in [0.05, 0.1) is 32.9 Å². The van der Waals surface area contributed by atoms with E-state index >= 15 is 0 Å². The minimum atomic E-state index is -0.536. The van der Waals surface area contributed by atoms with Crippen molar-refractivity contribution in [3.8, 4) is 11.5 Å². The summed E-state index contributed by atoms with van der Waals surface area (Å²) in [5.74, 6) is -0.474. The number of rotatable bonds is 6. The van der Waals surface area contributed by atoms with E-state index in [0.717, 1.165) is 0 Å². The van der Waals surface area contributed by atoms with Gasteiger partial charge in [0.2, 0.25) is 11.8 Å². The number of thiophene rings is 1. The maximum Gasteiger partial charge on any atom is 0.350 e. The number of hydrogen-bond donors (Lipinski definition) is 1. The molecule has 9 heteroatoms. The number of carbonyl (C=O) groups is 3. The van der Waals surface area contributed by atoms with Gasteiger partial charge in [-0.25, -0.2) is 4.79 Å². The molecule has 2 amide bonds. The maximum atomic E-state index is 12.6. The van der Waals surface area contributed by atoms with Crippen LogP contribution in [0.5, 0.6) is 11.5 Å². The molecule has 0 aliphatic carbocycles. The van der Waals surface area contributed by atoms with Gasteiger partial charge in [0.25, 0.3) is 0 Å². The molecule has 148 valence electrons. The number of anilines is 2. The fraction of sp³-hybridized carbons (Fsp3) is 0.316. The first-order valence-corrected chi connectivity index (χ1v) is 9.35. The van der Waals surface area contributed by atoms with Gasteiger partial charge in [-0.15, -0.1) is 11.3 Å². The zero-order valence-corrected chi connectivity index (χ0v) is 16.5. The molecule has 1 saturated heterocycles. The molecule has 1 aromatic carbocycles. The zero-order valence-electron chi connectivity index (χ0n) is 15.7. The van der Waals surface area contributed by atoms with Crippen LogP contribution in [0.15, 0.2) is 29.6 Å². The third-order valence-corrected chi connectivity index (χ3v) is 5.36. The fourth-order valence-electron chi connectivity index (χ4n) is 3.02. The lowest BCUT2D eigenvalue weighted by Crippen LogP contribution is -2.28. The van der Waals surface area contributed by atoms with Crippen molar-refractivity contribution in [1.29, 1.82) is 0 Å². The third kappa shape index (κ3) is 3.79. The molecule has 8 nitrogen and oxygen atoms in total. The molecule has 3 rings (SSSR count). The van der Waals surface area contributed by atoms with Gasteiger partial charge in [-0.05, 0) is 23.6 Å². The van der Waals surface area contributed by atoms with E-state index in [4.69, 9.17) is 14.2 Å². The Balaban J connectivity index is 1.73. The SMILES string of the molecule is COC(=O)c1sccc1NC(=O)C1CC(=O)N(c2ccc(OC)c(OC)c2)C1. The van der Waals surface area contributed by atoms with E-state index < -0.39 is 11.9 Å². The second-order valence-corrected chi connectivity index (χ2v) is 7.01. The largest absolute Gasteiger partial charge is 0.493 e. The molecule has 1 aliphatic rings. The van der Waals surface area contributed by atoms with Crippen molar-refractivity contribution in [3.63, 3.8) is 0 Å². The first-order valence-electron chi connectivity index (χ1n) is 8.47. The van der Waals surface area contributed by atoms with Crippen molar-refractivity contribution in [2.45, 2.75) is 6.42 Å². The molecular weight excluding hydrogens is 384 g/mol. The number of ether oxygens (including phenoxy) is 3. The number of hydrogen-bond acceptors (Lipinski definition) is 7. The van der Waals surface area contributed by atoms with Gasteiger partial charge in [0.15, 0.2) is 11.5 Å². The normalized spacial score (nSPS) is 16.0. The summed E-state index contributed by atoms with van der Waals surface area (Å²) in [6.07, 6.45) is 0.0812. The second kappa shape index (κ2) is 8.30. The second-order valence-electron chi connectivity index (χ2n) is 6.09. The van der Waals surface area contributed by atoms with Crippen LogP contribution in [-0.4, -0.2) is 45.7 Å².